The number of hydrogen-bond donors (Lipinski definition) is 1. The Morgan fingerprint density at radius 1 is 1.08 bits per heavy atom. The van der Waals surface area contributed by atoms with E-state index in [2.05, 4.69) is 17.4 Å². The van der Waals surface area contributed by atoms with Gasteiger partial charge in [-0.25, -0.2) is 9.59 Å². The zero-order chi connectivity index (χ0) is 27.7. The van der Waals surface area contributed by atoms with E-state index in [0.29, 0.717) is 6.42 Å². The first kappa shape index (κ1) is 27.7. The summed E-state index contributed by atoms with van der Waals surface area (Å²) in [6.07, 6.45) is 1.77. The van der Waals surface area contributed by atoms with Crippen molar-refractivity contribution in [1.82, 2.24) is 10.2 Å². The number of ether oxygens (including phenoxy) is 4. The number of carbonyl (C=O) groups is 3. The van der Waals surface area contributed by atoms with Gasteiger partial charge in [-0.2, -0.15) is 0 Å². The summed E-state index contributed by atoms with van der Waals surface area (Å²) in [5, 5.41) is 4.78. The van der Waals surface area contributed by atoms with E-state index in [1.807, 2.05) is 39.0 Å². The quantitative estimate of drug-likeness (QED) is 0.604. The van der Waals surface area contributed by atoms with Crippen LogP contribution < -0.4 is 10.1 Å². The molecule has 1 fully saturated rings. The van der Waals surface area contributed by atoms with Gasteiger partial charge in [-0.1, -0.05) is 32.9 Å². The summed E-state index contributed by atoms with van der Waals surface area (Å²) >= 11 is 0. The van der Waals surface area contributed by atoms with Crippen molar-refractivity contribution in [3.05, 3.63) is 41.5 Å². The third-order valence-corrected chi connectivity index (χ3v) is 7.69. The van der Waals surface area contributed by atoms with Gasteiger partial charge in [-0.05, 0) is 64.8 Å². The van der Waals surface area contributed by atoms with E-state index in [9.17, 15) is 14.4 Å². The first-order chi connectivity index (χ1) is 18.0. The van der Waals surface area contributed by atoms with Crippen molar-refractivity contribution in [1.29, 1.82) is 0 Å². The number of carbonyl (C=O) groups excluding carboxylic acids is 3. The van der Waals surface area contributed by atoms with Crippen molar-refractivity contribution in [2.45, 2.75) is 64.1 Å². The molecule has 4 rings (SSSR count). The second-order valence-corrected chi connectivity index (χ2v) is 11.2. The predicted octanol–water partition coefficient (Wildman–Crippen LogP) is 3.94. The summed E-state index contributed by atoms with van der Waals surface area (Å²) in [7, 11) is 4.55. The van der Waals surface area contributed by atoms with E-state index in [0.717, 1.165) is 40.5 Å². The minimum atomic E-state index is -0.945. The number of rotatable bonds is 3. The van der Waals surface area contributed by atoms with Crippen molar-refractivity contribution in [3.63, 3.8) is 0 Å². The number of methoxy groups -OCH3 is 3. The minimum absolute atomic E-state index is 0.125. The summed E-state index contributed by atoms with van der Waals surface area (Å²) in [5.74, 6) is -0.115. The molecule has 0 aromatic heterocycles. The lowest BCUT2D eigenvalue weighted by molar-refractivity contribution is -0.152. The van der Waals surface area contributed by atoms with Gasteiger partial charge in [-0.3, -0.25) is 4.79 Å². The number of alkyl carbamates (subject to hydrolysis) is 1. The first-order valence-electron chi connectivity index (χ1n) is 13.0. The number of esters is 1. The van der Waals surface area contributed by atoms with E-state index < -0.39 is 35.2 Å². The molecule has 0 radical (unpaired) electrons. The van der Waals surface area contributed by atoms with E-state index >= 15 is 0 Å². The normalized spacial score (nSPS) is 24.7. The Morgan fingerprint density at radius 3 is 2.50 bits per heavy atom. The van der Waals surface area contributed by atoms with Crippen molar-refractivity contribution >= 4 is 28.7 Å². The van der Waals surface area contributed by atoms with Crippen LogP contribution in [0.1, 0.15) is 51.2 Å². The number of benzene rings is 2. The van der Waals surface area contributed by atoms with Crippen LogP contribution in [0.4, 0.5) is 4.79 Å². The smallest absolute Gasteiger partial charge is 0.407 e. The monoisotopic (exact) mass is 526 g/mol. The molecule has 0 spiro atoms. The number of cyclic esters (lactones) is 1. The predicted molar refractivity (Wildman–Crippen MR) is 142 cm³/mol. The molecule has 2 aromatic carbocycles. The molecule has 1 saturated heterocycles. The largest absolute Gasteiger partial charge is 0.496 e. The Hall–Kier alpha value is -3.33. The van der Waals surface area contributed by atoms with Crippen molar-refractivity contribution in [2.24, 2.45) is 5.41 Å². The molecular formula is C29H38N2O7. The second-order valence-electron chi connectivity index (χ2n) is 11.2. The number of amides is 2. The topological polar surface area (TPSA) is 103 Å². The van der Waals surface area contributed by atoms with Gasteiger partial charge in [0, 0.05) is 13.5 Å². The average molecular weight is 527 g/mol. The highest BCUT2D eigenvalue weighted by Crippen LogP contribution is 2.42. The SMILES string of the molecule is COC(=O)[C@@H]1C[C@]2(OC)CN1C(=O)[C@H](C(C)(C)C)NC(=O)OCCCCc1cc3cc2ccc3cc1OC. The fourth-order valence-corrected chi connectivity index (χ4v) is 5.47. The van der Waals surface area contributed by atoms with Crippen molar-refractivity contribution < 1.29 is 33.3 Å². The zero-order valence-electron chi connectivity index (χ0n) is 23.1. The molecule has 2 aromatic rings. The molecule has 206 valence electrons. The lowest BCUT2D eigenvalue weighted by Gasteiger charge is -2.35. The molecule has 2 amide bonds. The van der Waals surface area contributed by atoms with Crippen LogP contribution in [0.15, 0.2) is 30.3 Å². The van der Waals surface area contributed by atoms with Gasteiger partial charge in [0.15, 0.2) is 0 Å². The third-order valence-electron chi connectivity index (χ3n) is 7.69. The minimum Gasteiger partial charge on any atom is -0.496 e. The number of hydrogen-bond acceptors (Lipinski definition) is 7. The lowest BCUT2D eigenvalue weighted by Crippen LogP contribution is -2.57. The fraction of sp³-hybridized carbons (Fsp3) is 0.552. The Balaban J connectivity index is 1.85. The molecule has 0 aliphatic carbocycles. The molecule has 9 heteroatoms. The van der Waals surface area contributed by atoms with Gasteiger partial charge in [-0.15, -0.1) is 0 Å². The molecule has 2 heterocycles. The Kier molecular flexibility index (Phi) is 7.88. The van der Waals surface area contributed by atoms with Crippen LogP contribution in [-0.4, -0.2) is 69.4 Å². The summed E-state index contributed by atoms with van der Waals surface area (Å²) in [6, 6.07) is 8.37. The molecule has 2 aliphatic heterocycles. The van der Waals surface area contributed by atoms with Crippen LogP contribution in [0.2, 0.25) is 0 Å². The van der Waals surface area contributed by atoms with Crippen LogP contribution in [0.3, 0.4) is 0 Å². The zero-order valence-corrected chi connectivity index (χ0v) is 23.1. The molecule has 2 aliphatic rings. The Morgan fingerprint density at radius 2 is 1.84 bits per heavy atom. The van der Waals surface area contributed by atoms with Crippen molar-refractivity contribution in [3.8, 4) is 5.75 Å². The first-order valence-corrected chi connectivity index (χ1v) is 13.0. The summed E-state index contributed by atoms with van der Waals surface area (Å²) in [5.41, 5.74) is 0.324. The number of nitrogens with zero attached hydrogens (tertiary/aromatic N) is 1. The summed E-state index contributed by atoms with van der Waals surface area (Å²) in [6.45, 7) is 5.93. The number of aryl methyl sites for hydroxylation is 1. The van der Waals surface area contributed by atoms with Crippen LogP contribution >= 0.6 is 0 Å². The highest BCUT2D eigenvalue weighted by Gasteiger charge is 2.53. The second kappa shape index (κ2) is 10.8. The molecule has 5 bridgehead atoms. The maximum absolute atomic E-state index is 14.0. The Bertz CT molecular complexity index is 1220. The Labute approximate surface area is 223 Å². The molecular weight excluding hydrogens is 488 g/mol. The maximum Gasteiger partial charge on any atom is 0.407 e. The molecule has 3 atom stereocenters. The number of nitrogens with one attached hydrogen (secondary N) is 1. The standard InChI is InChI=1S/C29H38N2O7/c1-28(2,3)24-25(32)31-17-29(37-6,16-22(31)26(33)36-5)21-11-10-18-15-23(35-4)19(13-20(18)14-21)9-7-8-12-38-27(34)30-24/h10-11,13-15,22,24H,7-9,12,16-17H2,1-6H3,(H,30,34)/t22-,24+,29-/m0/s1. The molecule has 0 unspecified atom stereocenters. The highest BCUT2D eigenvalue weighted by molar-refractivity contribution is 5.91. The van der Waals surface area contributed by atoms with E-state index in [-0.39, 0.29) is 25.5 Å². The van der Waals surface area contributed by atoms with Gasteiger partial charge in [0.2, 0.25) is 5.91 Å². The van der Waals surface area contributed by atoms with Crippen LogP contribution in [-0.2, 0) is 35.8 Å². The van der Waals surface area contributed by atoms with Gasteiger partial charge in [0.05, 0.1) is 27.4 Å². The van der Waals surface area contributed by atoms with E-state index in [1.165, 1.54) is 12.0 Å². The van der Waals surface area contributed by atoms with Gasteiger partial charge in [0.25, 0.3) is 0 Å². The molecule has 38 heavy (non-hydrogen) atoms. The summed E-state index contributed by atoms with van der Waals surface area (Å²) in [4.78, 5) is 41.1. The molecule has 9 nitrogen and oxygen atoms in total. The summed E-state index contributed by atoms with van der Waals surface area (Å²) < 4.78 is 22.3. The molecule has 0 saturated carbocycles. The van der Waals surface area contributed by atoms with E-state index in [1.54, 1.807) is 14.2 Å². The van der Waals surface area contributed by atoms with Gasteiger partial charge < -0.3 is 29.2 Å². The van der Waals surface area contributed by atoms with Crippen LogP contribution in [0, 0.1) is 5.41 Å². The van der Waals surface area contributed by atoms with E-state index in [4.69, 9.17) is 18.9 Å². The fourth-order valence-electron chi connectivity index (χ4n) is 5.47. The van der Waals surface area contributed by atoms with Crippen LogP contribution in [0.5, 0.6) is 5.75 Å². The van der Waals surface area contributed by atoms with Crippen molar-refractivity contribution in [2.75, 3.05) is 34.5 Å². The maximum atomic E-state index is 14.0. The molecule has 1 N–H and O–H groups in total. The average Bonchev–Trinajstić information content (AvgIpc) is 3.30. The third kappa shape index (κ3) is 5.29. The highest BCUT2D eigenvalue weighted by atomic mass is 16.5. The van der Waals surface area contributed by atoms with Crippen LogP contribution in [0.25, 0.3) is 10.8 Å². The van der Waals surface area contributed by atoms with Gasteiger partial charge in [0.1, 0.15) is 23.4 Å². The number of fused-ring (bicyclic) bond motifs is 5. The van der Waals surface area contributed by atoms with Gasteiger partial charge >= 0.3 is 12.1 Å². The lowest BCUT2D eigenvalue weighted by atomic mass is 9.85.